The average molecular weight is 464 g/mol. The number of rotatable bonds is 8. The number of aliphatic hydroxyl groups excluding tert-OH is 2. The number of piperidine rings is 1. The Bertz CT molecular complexity index is 1070. The van der Waals surface area contributed by atoms with Gasteiger partial charge in [0.05, 0.1) is 22.5 Å². The number of carbonyl (C=O) groups is 1. The highest BCUT2D eigenvalue weighted by atomic mass is 32.2. The number of nitro benzene ring substituents is 1. The third kappa shape index (κ3) is 5.30. The summed E-state index contributed by atoms with van der Waals surface area (Å²) in [5, 5.41) is 33.4. The fourth-order valence-corrected chi connectivity index (χ4v) is 5.12. The highest BCUT2D eigenvalue weighted by Crippen LogP contribution is 2.23. The first-order valence-corrected chi connectivity index (χ1v) is 11.6. The van der Waals surface area contributed by atoms with Crippen molar-refractivity contribution in [3.8, 4) is 0 Å². The molecule has 1 aliphatic rings. The fraction of sp³-hybridized carbons (Fsp3) is 0.381. The molecule has 2 aromatic rings. The first-order valence-electron chi connectivity index (χ1n) is 10.2. The second kappa shape index (κ2) is 10.2. The molecule has 0 saturated carbocycles. The molecule has 2 atom stereocenters. The van der Waals surface area contributed by atoms with E-state index < -0.39 is 39.6 Å². The summed E-state index contributed by atoms with van der Waals surface area (Å²) in [5.74, 6) is -0.666. The van der Waals surface area contributed by atoms with Crippen molar-refractivity contribution in [3.63, 3.8) is 0 Å². The molecule has 2 aromatic carbocycles. The van der Waals surface area contributed by atoms with Gasteiger partial charge in [-0.15, -0.1) is 0 Å². The van der Waals surface area contributed by atoms with Crippen molar-refractivity contribution in [2.45, 2.75) is 36.3 Å². The van der Waals surface area contributed by atoms with Gasteiger partial charge in [-0.2, -0.15) is 4.31 Å². The van der Waals surface area contributed by atoms with Gasteiger partial charge in [0.2, 0.25) is 10.0 Å². The van der Waals surface area contributed by atoms with Gasteiger partial charge < -0.3 is 15.5 Å². The van der Waals surface area contributed by atoms with Gasteiger partial charge in [-0.05, 0) is 48.7 Å². The molecule has 0 aromatic heterocycles. The van der Waals surface area contributed by atoms with Crippen molar-refractivity contribution in [2.24, 2.45) is 0 Å². The van der Waals surface area contributed by atoms with Crippen LogP contribution in [0.3, 0.4) is 0 Å². The molecule has 1 saturated heterocycles. The lowest BCUT2D eigenvalue weighted by Gasteiger charge is -2.26. The molecule has 3 rings (SSSR count). The second-order valence-electron chi connectivity index (χ2n) is 7.55. The van der Waals surface area contributed by atoms with Crippen LogP contribution in [0.15, 0.2) is 53.4 Å². The number of hydrogen-bond donors (Lipinski definition) is 3. The maximum absolute atomic E-state index is 12.9. The number of nitrogens with one attached hydrogen (secondary N) is 1. The SMILES string of the molecule is O=C(N[C@H](CO)[C@@H](O)c1ccc([N+](=O)[O-])cc1)c1cccc(S(=O)(=O)N2CCCCC2)c1. The lowest BCUT2D eigenvalue weighted by atomic mass is 10.0. The standard InChI is InChI=1S/C21H25N3O7S/c25-14-19(20(26)15-7-9-17(10-8-15)24(28)29)22-21(27)16-5-4-6-18(13-16)32(30,31)23-11-2-1-3-12-23/h4-10,13,19-20,25-26H,1-3,11-12,14H2,(H,22,27)/t19-,20+/m1/s1. The van der Waals surface area contributed by atoms with E-state index in [0.717, 1.165) is 19.3 Å². The lowest BCUT2D eigenvalue weighted by Crippen LogP contribution is -2.42. The third-order valence-electron chi connectivity index (χ3n) is 5.39. The van der Waals surface area contributed by atoms with Crippen LogP contribution in [-0.2, 0) is 10.0 Å². The van der Waals surface area contributed by atoms with Crippen molar-refractivity contribution in [1.82, 2.24) is 9.62 Å². The highest BCUT2D eigenvalue weighted by molar-refractivity contribution is 7.89. The number of amides is 1. The van der Waals surface area contributed by atoms with Crippen LogP contribution in [0.25, 0.3) is 0 Å². The maximum Gasteiger partial charge on any atom is 0.269 e. The molecule has 0 unspecified atom stereocenters. The van der Waals surface area contributed by atoms with Crippen molar-refractivity contribution >= 4 is 21.6 Å². The molecule has 1 amide bonds. The number of non-ortho nitro benzene ring substituents is 1. The predicted octanol–water partition coefficient (Wildman–Crippen LogP) is 1.59. The van der Waals surface area contributed by atoms with E-state index in [9.17, 15) is 33.5 Å². The summed E-state index contributed by atoms with van der Waals surface area (Å²) in [6, 6.07) is 9.60. The molecule has 1 aliphatic heterocycles. The first-order chi connectivity index (χ1) is 15.2. The number of aliphatic hydroxyl groups is 2. The summed E-state index contributed by atoms with van der Waals surface area (Å²) >= 11 is 0. The maximum atomic E-state index is 12.9. The van der Waals surface area contributed by atoms with E-state index in [1.165, 1.54) is 52.8 Å². The Morgan fingerprint density at radius 3 is 2.38 bits per heavy atom. The Labute approximate surface area is 185 Å². The number of nitro groups is 1. The average Bonchev–Trinajstić information content (AvgIpc) is 2.82. The minimum atomic E-state index is -3.72. The largest absolute Gasteiger partial charge is 0.394 e. The minimum Gasteiger partial charge on any atom is -0.394 e. The zero-order valence-electron chi connectivity index (χ0n) is 17.3. The minimum absolute atomic E-state index is 0.00326. The molecule has 0 spiro atoms. The van der Waals surface area contributed by atoms with Gasteiger partial charge in [0.25, 0.3) is 11.6 Å². The molecule has 0 aliphatic carbocycles. The van der Waals surface area contributed by atoms with E-state index in [1.807, 2.05) is 0 Å². The molecule has 3 N–H and O–H groups in total. The van der Waals surface area contributed by atoms with Crippen LogP contribution in [-0.4, -0.2) is 59.5 Å². The van der Waals surface area contributed by atoms with Crippen molar-refractivity contribution in [2.75, 3.05) is 19.7 Å². The quantitative estimate of drug-likeness (QED) is 0.397. The van der Waals surface area contributed by atoms with Crippen molar-refractivity contribution < 1.29 is 28.3 Å². The summed E-state index contributed by atoms with van der Waals surface area (Å²) in [6.45, 7) is 0.273. The molecule has 10 nitrogen and oxygen atoms in total. The molecule has 0 bridgehead atoms. The van der Waals surface area contributed by atoms with Crippen LogP contribution in [0.5, 0.6) is 0 Å². The van der Waals surface area contributed by atoms with Crippen LogP contribution in [0.2, 0.25) is 0 Å². The Morgan fingerprint density at radius 2 is 1.78 bits per heavy atom. The monoisotopic (exact) mass is 463 g/mol. The second-order valence-corrected chi connectivity index (χ2v) is 9.49. The van der Waals surface area contributed by atoms with Gasteiger partial charge in [-0.3, -0.25) is 14.9 Å². The zero-order valence-corrected chi connectivity index (χ0v) is 18.1. The van der Waals surface area contributed by atoms with E-state index in [0.29, 0.717) is 13.1 Å². The molecular weight excluding hydrogens is 438 g/mol. The molecule has 11 heteroatoms. The van der Waals surface area contributed by atoms with Gasteiger partial charge >= 0.3 is 0 Å². The number of hydrogen-bond acceptors (Lipinski definition) is 7. The molecule has 1 fully saturated rings. The third-order valence-corrected chi connectivity index (χ3v) is 7.28. The Kier molecular flexibility index (Phi) is 7.56. The van der Waals surface area contributed by atoms with E-state index in [2.05, 4.69) is 5.32 Å². The summed E-state index contributed by atoms with van der Waals surface area (Å²) in [7, 11) is -3.72. The van der Waals surface area contributed by atoms with Crippen LogP contribution in [0.1, 0.15) is 41.3 Å². The fourth-order valence-electron chi connectivity index (χ4n) is 3.55. The summed E-state index contributed by atoms with van der Waals surface area (Å²) in [6.07, 6.45) is 1.23. The number of carbonyl (C=O) groups excluding carboxylic acids is 1. The normalized spacial score (nSPS) is 16.8. The number of nitrogens with zero attached hydrogens (tertiary/aromatic N) is 2. The van der Waals surface area contributed by atoms with E-state index >= 15 is 0 Å². The lowest BCUT2D eigenvalue weighted by molar-refractivity contribution is -0.384. The highest BCUT2D eigenvalue weighted by Gasteiger charge is 2.28. The molecule has 32 heavy (non-hydrogen) atoms. The van der Waals surface area contributed by atoms with Gasteiger partial charge in [0.1, 0.15) is 6.10 Å². The van der Waals surface area contributed by atoms with Crippen LogP contribution in [0.4, 0.5) is 5.69 Å². The number of sulfonamides is 1. The van der Waals surface area contributed by atoms with Gasteiger partial charge in [-0.25, -0.2) is 8.42 Å². The summed E-state index contributed by atoms with van der Waals surface area (Å²) in [5.41, 5.74) is 0.186. The smallest absolute Gasteiger partial charge is 0.269 e. The van der Waals surface area contributed by atoms with E-state index in [4.69, 9.17) is 0 Å². The van der Waals surface area contributed by atoms with Gasteiger partial charge in [-0.1, -0.05) is 12.5 Å². The Balaban J connectivity index is 1.75. The molecule has 1 heterocycles. The van der Waals surface area contributed by atoms with E-state index in [1.54, 1.807) is 0 Å². The zero-order chi connectivity index (χ0) is 23.3. The first kappa shape index (κ1) is 23.8. The number of benzene rings is 2. The Hall–Kier alpha value is -2.86. The Morgan fingerprint density at radius 1 is 1.12 bits per heavy atom. The summed E-state index contributed by atoms with van der Waals surface area (Å²) in [4.78, 5) is 22.9. The topological polar surface area (TPSA) is 150 Å². The van der Waals surface area contributed by atoms with Gasteiger partial charge in [0, 0.05) is 30.8 Å². The van der Waals surface area contributed by atoms with Crippen molar-refractivity contribution in [3.05, 3.63) is 69.8 Å². The van der Waals surface area contributed by atoms with Crippen LogP contribution < -0.4 is 5.32 Å². The molecule has 0 radical (unpaired) electrons. The van der Waals surface area contributed by atoms with Crippen LogP contribution >= 0.6 is 0 Å². The van der Waals surface area contributed by atoms with Crippen molar-refractivity contribution in [1.29, 1.82) is 0 Å². The molecular formula is C21H25N3O7S. The van der Waals surface area contributed by atoms with E-state index in [-0.39, 0.29) is 21.7 Å². The molecule has 172 valence electrons. The van der Waals surface area contributed by atoms with Gasteiger partial charge in [0.15, 0.2) is 0 Å². The summed E-state index contributed by atoms with van der Waals surface area (Å²) < 4.78 is 27.2. The predicted molar refractivity (Wildman–Crippen MR) is 115 cm³/mol. The van der Waals surface area contributed by atoms with Crippen LogP contribution in [0, 0.1) is 10.1 Å².